The normalized spacial score (nSPS) is 14.9. The van der Waals surface area contributed by atoms with Gasteiger partial charge in [0.15, 0.2) is 0 Å². The van der Waals surface area contributed by atoms with Crippen LogP contribution < -0.4 is 10.6 Å². The highest BCUT2D eigenvalue weighted by Gasteiger charge is 2.21. The van der Waals surface area contributed by atoms with Gasteiger partial charge in [-0.1, -0.05) is 13.8 Å². The molecule has 1 aromatic heterocycles. The average molecular weight is 264 g/mol. The highest BCUT2D eigenvalue weighted by Crippen LogP contribution is 2.19. The van der Waals surface area contributed by atoms with Gasteiger partial charge in [0.25, 0.3) is 0 Å². The van der Waals surface area contributed by atoms with Gasteiger partial charge in [0, 0.05) is 24.5 Å². The van der Waals surface area contributed by atoms with E-state index in [9.17, 15) is 4.79 Å². The summed E-state index contributed by atoms with van der Waals surface area (Å²) in [5, 5.41) is 6.47. The summed E-state index contributed by atoms with van der Waals surface area (Å²) in [5.74, 6) is 1.01. The van der Waals surface area contributed by atoms with Crippen LogP contribution in [-0.2, 0) is 17.9 Å². The first-order chi connectivity index (χ1) is 9.22. The lowest BCUT2D eigenvalue weighted by Gasteiger charge is -2.15. The molecule has 1 heterocycles. The van der Waals surface area contributed by atoms with Crippen LogP contribution in [0.5, 0.6) is 0 Å². The van der Waals surface area contributed by atoms with Gasteiger partial charge in [0.2, 0.25) is 5.91 Å². The molecule has 1 fully saturated rings. The van der Waals surface area contributed by atoms with E-state index in [1.54, 1.807) is 6.20 Å². The van der Waals surface area contributed by atoms with E-state index in [2.05, 4.69) is 29.5 Å². The zero-order valence-electron chi connectivity index (χ0n) is 11.9. The molecule has 0 radical (unpaired) electrons. The second-order valence-electron chi connectivity index (χ2n) is 5.21. The maximum Gasteiger partial charge on any atom is 0.240 e. The molecule has 0 aliphatic heterocycles. The summed E-state index contributed by atoms with van der Waals surface area (Å²) >= 11 is 0. The van der Waals surface area contributed by atoms with E-state index < -0.39 is 0 Å². The fraction of sp³-hybridized carbons (Fsp3) is 0.714. The Balaban J connectivity index is 1.83. The van der Waals surface area contributed by atoms with Gasteiger partial charge in [-0.2, -0.15) is 0 Å². The van der Waals surface area contributed by atoms with Crippen LogP contribution in [0.4, 0.5) is 0 Å². The number of imidazole rings is 1. The summed E-state index contributed by atoms with van der Waals surface area (Å²) in [7, 11) is 0. The Labute approximate surface area is 114 Å². The lowest BCUT2D eigenvalue weighted by Crippen LogP contribution is -2.36. The minimum absolute atomic E-state index is 0.0689. The Morgan fingerprint density at radius 3 is 2.84 bits per heavy atom. The second kappa shape index (κ2) is 6.70. The van der Waals surface area contributed by atoms with Gasteiger partial charge in [0.05, 0.1) is 6.54 Å². The summed E-state index contributed by atoms with van der Waals surface area (Å²) in [6.07, 6.45) is 8.10. The van der Waals surface area contributed by atoms with Gasteiger partial charge in [-0.05, 0) is 25.7 Å². The van der Waals surface area contributed by atoms with Gasteiger partial charge < -0.3 is 15.2 Å². The highest BCUT2D eigenvalue weighted by molar-refractivity contribution is 5.76. The van der Waals surface area contributed by atoms with Crippen molar-refractivity contribution in [3.63, 3.8) is 0 Å². The van der Waals surface area contributed by atoms with Crippen LogP contribution in [0.15, 0.2) is 12.4 Å². The van der Waals surface area contributed by atoms with Crippen LogP contribution in [-0.4, -0.2) is 27.5 Å². The lowest BCUT2D eigenvalue weighted by molar-refractivity contribution is -0.122. The third-order valence-corrected chi connectivity index (χ3v) is 3.59. The molecule has 1 aliphatic rings. The van der Waals surface area contributed by atoms with Crippen molar-refractivity contribution in [1.29, 1.82) is 0 Å². The molecule has 5 nitrogen and oxygen atoms in total. The third-order valence-electron chi connectivity index (χ3n) is 3.59. The summed E-state index contributed by atoms with van der Waals surface area (Å²) in [6.45, 7) is 5.29. The number of nitrogens with zero attached hydrogens (tertiary/aromatic N) is 2. The molecule has 0 atom stereocenters. The quantitative estimate of drug-likeness (QED) is 0.747. The van der Waals surface area contributed by atoms with Crippen LogP contribution in [0, 0.1) is 0 Å². The van der Waals surface area contributed by atoms with E-state index in [4.69, 9.17) is 0 Å². The van der Waals surface area contributed by atoms with Crippen molar-refractivity contribution in [2.75, 3.05) is 0 Å². The Morgan fingerprint density at radius 2 is 2.21 bits per heavy atom. The van der Waals surface area contributed by atoms with Crippen LogP contribution >= 0.6 is 0 Å². The predicted molar refractivity (Wildman–Crippen MR) is 74.6 cm³/mol. The Morgan fingerprint density at radius 1 is 1.47 bits per heavy atom. The smallest absolute Gasteiger partial charge is 0.240 e. The molecule has 5 heteroatoms. The van der Waals surface area contributed by atoms with Crippen LogP contribution in [0.25, 0.3) is 0 Å². The number of aromatic nitrogens is 2. The van der Waals surface area contributed by atoms with Crippen molar-refractivity contribution >= 4 is 5.91 Å². The molecule has 1 aliphatic carbocycles. The molecule has 1 saturated carbocycles. The molecular formula is C14H24N4O. The number of hydrogen-bond acceptors (Lipinski definition) is 3. The monoisotopic (exact) mass is 264 g/mol. The van der Waals surface area contributed by atoms with Gasteiger partial charge >= 0.3 is 0 Å². The average Bonchev–Trinajstić information content (AvgIpc) is 3.14. The molecule has 2 rings (SSSR count). The van der Waals surface area contributed by atoms with Crippen molar-refractivity contribution in [2.45, 2.75) is 64.7 Å². The maximum atomic E-state index is 12.0. The molecule has 2 N–H and O–H groups in total. The first-order valence-corrected chi connectivity index (χ1v) is 7.25. The lowest BCUT2D eigenvalue weighted by atomic mass is 10.2. The Bertz CT molecular complexity index is 407. The SMILES string of the molecule is CCC(CC)NC(=O)Cn1ccnc1CNC1CC1. The van der Waals surface area contributed by atoms with Crippen molar-refractivity contribution in [2.24, 2.45) is 0 Å². The number of carbonyl (C=O) groups is 1. The van der Waals surface area contributed by atoms with Gasteiger partial charge in [-0.3, -0.25) is 4.79 Å². The second-order valence-corrected chi connectivity index (χ2v) is 5.21. The molecular weight excluding hydrogens is 240 g/mol. The molecule has 19 heavy (non-hydrogen) atoms. The molecule has 106 valence electrons. The van der Waals surface area contributed by atoms with E-state index in [-0.39, 0.29) is 11.9 Å². The van der Waals surface area contributed by atoms with Crippen LogP contribution in [0.3, 0.4) is 0 Å². The van der Waals surface area contributed by atoms with Crippen LogP contribution in [0.1, 0.15) is 45.4 Å². The summed E-state index contributed by atoms with van der Waals surface area (Å²) in [5.41, 5.74) is 0. The largest absolute Gasteiger partial charge is 0.352 e. The highest BCUT2D eigenvalue weighted by atomic mass is 16.2. The summed E-state index contributed by atoms with van der Waals surface area (Å²) < 4.78 is 1.92. The molecule has 0 unspecified atom stereocenters. The van der Waals surface area contributed by atoms with E-state index in [1.165, 1.54) is 12.8 Å². The van der Waals surface area contributed by atoms with Gasteiger partial charge in [-0.25, -0.2) is 4.98 Å². The Hall–Kier alpha value is -1.36. The Kier molecular flexibility index (Phi) is 4.96. The standard InChI is InChI=1S/C14H24N4O/c1-3-11(4-2)17-14(19)10-18-8-7-15-13(18)9-16-12-5-6-12/h7-8,11-12,16H,3-6,9-10H2,1-2H3,(H,17,19). The number of rotatable bonds is 8. The number of nitrogens with one attached hydrogen (secondary N) is 2. The van der Waals surface area contributed by atoms with Gasteiger partial charge in [0.1, 0.15) is 12.4 Å². The molecule has 0 saturated heterocycles. The van der Waals surface area contributed by atoms with Crippen molar-refractivity contribution < 1.29 is 4.79 Å². The maximum absolute atomic E-state index is 12.0. The van der Waals surface area contributed by atoms with Crippen LogP contribution in [0.2, 0.25) is 0 Å². The van der Waals surface area contributed by atoms with Crippen molar-refractivity contribution in [3.8, 4) is 0 Å². The van der Waals surface area contributed by atoms with E-state index in [1.807, 2.05) is 10.8 Å². The third kappa shape index (κ3) is 4.35. The number of amides is 1. The zero-order valence-corrected chi connectivity index (χ0v) is 11.9. The molecule has 1 aromatic rings. The number of carbonyl (C=O) groups excluding carboxylic acids is 1. The van der Waals surface area contributed by atoms with Gasteiger partial charge in [-0.15, -0.1) is 0 Å². The van der Waals surface area contributed by atoms with E-state index in [0.717, 1.165) is 25.2 Å². The molecule has 0 aromatic carbocycles. The first-order valence-electron chi connectivity index (χ1n) is 7.25. The summed E-state index contributed by atoms with van der Waals surface area (Å²) in [6, 6.07) is 0.938. The molecule has 0 spiro atoms. The van der Waals surface area contributed by atoms with Crippen molar-refractivity contribution in [3.05, 3.63) is 18.2 Å². The van der Waals surface area contributed by atoms with Crippen molar-refractivity contribution in [1.82, 2.24) is 20.2 Å². The first kappa shape index (κ1) is 14.1. The minimum atomic E-state index is 0.0689. The number of hydrogen-bond donors (Lipinski definition) is 2. The molecule has 0 bridgehead atoms. The fourth-order valence-corrected chi connectivity index (χ4v) is 2.10. The molecule has 1 amide bonds. The fourth-order valence-electron chi connectivity index (χ4n) is 2.10. The minimum Gasteiger partial charge on any atom is -0.352 e. The van der Waals surface area contributed by atoms with E-state index >= 15 is 0 Å². The zero-order chi connectivity index (χ0) is 13.7. The topological polar surface area (TPSA) is 59.0 Å². The predicted octanol–water partition coefficient (Wildman–Crippen LogP) is 1.44. The summed E-state index contributed by atoms with van der Waals surface area (Å²) in [4.78, 5) is 16.3. The van der Waals surface area contributed by atoms with E-state index in [0.29, 0.717) is 12.6 Å².